The van der Waals surface area contributed by atoms with Gasteiger partial charge in [0.2, 0.25) is 0 Å². The number of rotatable bonds is 9. The monoisotopic (exact) mass is 422 g/mol. The van der Waals surface area contributed by atoms with Crippen LogP contribution in [0.15, 0.2) is 72.8 Å². The Hall–Kier alpha value is -3.60. The topological polar surface area (TPSA) is 72.8 Å². The molecule has 0 saturated heterocycles. The summed E-state index contributed by atoms with van der Waals surface area (Å²) in [5.41, 5.74) is 1.99. The first-order valence-corrected chi connectivity index (χ1v) is 10.0. The summed E-state index contributed by atoms with van der Waals surface area (Å²) < 4.78 is 11.0. The smallest absolute Gasteiger partial charge is 0.328 e. The van der Waals surface area contributed by atoms with Crippen LogP contribution in [0.4, 0.5) is 0 Å². The van der Waals surface area contributed by atoms with Crippen molar-refractivity contribution in [3.8, 4) is 11.5 Å². The molecule has 0 bridgehead atoms. The molecule has 2 rings (SSSR count). The van der Waals surface area contributed by atoms with Gasteiger partial charge in [-0.05, 0) is 69.2 Å². The van der Waals surface area contributed by atoms with Gasteiger partial charge in [0.25, 0.3) is 0 Å². The Balaban J connectivity index is 0.000000316. The van der Waals surface area contributed by atoms with Gasteiger partial charge in [-0.3, -0.25) is 4.79 Å². The molecule has 1 N–H and O–H groups in total. The van der Waals surface area contributed by atoms with E-state index < -0.39 is 5.97 Å². The van der Waals surface area contributed by atoms with E-state index in [0.29, 0.717) is 0 Å². The number of ether oxygens (including phenoxy) is 2. The molecule has 0 heterocycles. The summed E-state index contributed by atoms with van der Waals surface area (Å²) in [4.78, 5) is 20.3. The van der Waals surface area contributed by atoms with E-state index in [1.165, 1.54) is 12.2 Å². The van der Waals surface area contributed by atoms with Crippen LogP contribution in [0.25, 0.3) is 12.2 Å². The van der Waals surface area contributed by atoms with Crippen molar-refractivity contribution >= 4 is 24.4 Å². The lowest BCUT2D eigenvalue weighted by atomic mass is 10.2. The fourth-order valence-electron chi connectivity index (χ4n) is 2.31. The predicted octanol–water partition coefficient (Wildman–Crippen LogP) is 5.81. The molecule has 0 aliphatic heterocycles. The van der Waals surface area contributed by atoms with Gasteiger partial charge >= 0.3 is 5.97 Å². The van der Waals surface area contributed by atoms with E-state index >= 15 is 0 Å². The van der Waals surface area contributed by atoms with E-state index in [1.807, 2.05) is 82.3 Å². The summed E-state index contributed by atoms with van der Waals surface area (Å²) in [7, 11) is 0. The number of aldehydes is 1. The van der Waals surface area contributed by atoms with Gasteiger partial charge in [-0.1, -0.05) is 48.6 Å². The average molecular weight is 423 g/mol. The molecule has 164 valence electrons. The quantitative estimate of drug-likeness (QED) is 0.313. The molecule has 5 heteroatoms. The van der Waals surface area contributed by atoms with Crippen molar-refractivity contribution in [2.45, 2.75) is 39.9 Å². The largest absolute Gasteiger partial charge is 0.491 e. The standard InChI is InChI=1S/C14H16O3.C12H14O2/c1-11(2)17-13-9-7-12(8-10-13)5-3-4-6-14(15)16;1-10(2)14-12-7-5-11(6-8-12)4-3-9-13/h3-11H,1-2H3,(H,15,16);3-10H,1-2H3/b5-3+,6-4+;4-3+. The van der Waals surface area contributed by atoms with Crippen molar-refractivity contribution in [1.82, 2.24) is 0 Å². The zero-order valence-corrected chi connectivity index (χ0v) is 18.4. The number of benzene rings is 2. The fraction of sp³-hybridized carbons (Fsp3) is 0.231. The molecule has 31 heavy (non-hydrogen) atoms. The first kappa shape index (κ1) is 25.4. The highest BCUT2D eigenvalue weighted by Crippen LogP contribution is 2.15. The van der Waals surface area contributed by atoms with Gasteiger partial charge in [-0.15, -0.1) is 0 Å². The summed E-state index contributed by atoms with van der Waals surface area (Å²) in [6, 6.07) is 15.2. The van der Waals surface area contributed by atoms with Crippen molar-refractivity contribution < 1.29 is 24.2 Å². The van der Waals surface area contributed by atoms with Crippen LogP contribution in [0, 0.1) is 0 Å². The van der Waals surface area contributed by atoms with Crippen LogP contribution in [-0.2, 0) is 9.59 Å². The van der Waals surface area contributed by atoms with Crippen LogP contribution >= 0.6 is 0 Å². The molecular weight excluding hydrogens is 392 g/mol. The molecule has 5 nitrogen and oxygen atoms in total. The maximum absolute atomic E-state index is 10.2. The van der Waals surface area contributed by atoms with Crippen LogP contribution < -0.4 is 9.47 Å². The lowest BCUT2D eigenvalue weighted by Crippen LogP contribution is -2.05. The van der Waals surface area contributed by atoms with Crippen LogP contribution in [0.1, 0.15) is 38.8 Å². The minimum atomic E-state index is -0.949. The summed E-state index contributed by atoms with van der Waals surface area (Å²) in [5, 5.41) is 8.39. The van der Waals surface area contributed by atoms with Crippen molar-refractivity contribution in [1.29, 1.82) is 0 Å². The van der Waals surface area contributed by atoms with E-state index in [9.17, 15) is 9.59 Å². The molecule has 0 fully saturated rings. The first-order valence-electron chi connectivity index (χ1n) is 10.0. The summed E-state index contributed by atoms with van der Waals surface area (Å²) in [6.45, 7) is 7.93. The molecule has 0 aliphatic carbocycles. The van der Waals surface area contributed by atoms with E-state index in [4.69, 9.17) is 14.6 Å². The molecule has 0 amide bonds. The molecule has 0 radical (unpaired) electrons. The third-order valence-electron chi connectivity index (χ3n) is 3.51. The Morgan fingerprint density at radius 3 is 1.52 bits per heavy atom. The average Bonchev–Trinajstić information content (AvgIpc) is 2.71. The molecular formula is C26H30O5. The minimum absolute atomic E-state index is 0.162. The number of carbonyl (C=O) groups is 2. The molecule has 0 saturated carbocycles. The first-order chi connectivity index (χ1) is 14.8. The van der Waals surface area contributed by atoms with Gasteiger partial charge in [0.15, 0.2) is 0 Å². The van der Waals surface area contributed by atoms with E-state index in [1.54, 1.807) is 12.2 Å². The van der Waals surface area contributed by atoms with Crippen molar-refractivity contribution in [2.75, 3.05) is 0 Å². The van der Waals surface area contributed by atoms with E-state index in [0.717, 1.165) is 35.0 Å². The number of carboxylic acid groups (broad SMARTS) is 1. The molecule has 0 aromatic heterocycles. The SMILES string of the molecule is CC(C)Oc1ccc(/C=C/C=C/C(=O)O)cc1.CC(C)Oc1ccc(/C=C/C=O)cc1. The molecule has 2 aromatic carbocycles. The van der Waals surface area contributed by atoms with Crippen LogP contribution in [0.5, 0.6) is 11.5 Å². The van der Waals surface area contributed by atoms with Crippen molar-refractivity contribution in [2.24, 2.45) is 0 Å². The number of aliphatic carboxylic acids is 1. The Bertz CT molecular complexity index is 873. The maximum Gasteiger partial charge on any atom is 0.328 e. The van der Waals surface area contributed by atoms with Crippen LogP contribution in [0.3, 0.4) is 0 Å². The van der Waals surface area contributed by atoms with Gasteiger partial charge in [0, 0.05) is 6.08 Å². The zero-order chi connectivity index (χ0) is 23.1. The predicted molar refractivity (Wildman–Crippen MR) is 125 cm³/mol. The highest BCUT2D eigenvalue weighted by Gasteiger charge is 1.97. The van der Waals surface area contributed by atoms with Crippen LogP contribution in [0.2, 0.25) is 0 Å². The number of allylic oxidation sites excluding steroid dienone is 3. The zero-order valence-electron chi connectivity index (χ0n) is 18.4. The Morgan fingerprint density at radius 2 is 1.16 bits per heavy atom. The van der Waals surface area contributed by atoms with Gasteiger partial charge < -0.3 is 14.6 Å². The highest BCUT2D eigenvalue weighted by atomic mass is 16.5. The maximum atomic E-state index is 10.2. The van der Waals surface area contributed by atoms with Crippen LogP contribution in [-0.4, -0.2) is 29.6 Å². The molecule has 0 aliphatic rings. The van der Waals surface area contributed by atoms with Crippen molar-refractivity contribution in [3.05, 3.63) is 84.0 Å². The Morgan fingerprint density at radius 1 is 0.742 bits per heavy atom. The Kier molecular flexibility index (Phi) is 11.8. The molecule has 0 atom stereocenters. The number of hydrogen-bond donors (Lipinski definition) is 1. The van der Waals surface area contributed by atoms with Gasteiger partial charge in [-0.25, -0.2) is 4.79 Å². The third-order valence-corrected chi connectivity index (χ3v) is 3.51. The minimum Gasteiger partial charge on any atom is -0.491 e. The van der Waals surface area contributed by atoms with Gasteiger partial charge in [0.05, 0.1) is 12.2 Å². The second kappa shape index (κ2) is 14.4. The van der Waals surface area contributed by atoms with Gasteiger partial charge in [0.1, 0.15) is 17.8 Å². The second-order valence-electron chi connectivity index (χ2n) is 7.02. The lowest BCUT2D eigenvalue weighted by molar-refractivity contribution is -0.131. The summed E-state index contributed by atoms with van der Waals surface area (Å²) in [5.74, 6) is 0.733. The highest BCUT2D eigenvalue weighted by molar-refractivity contribution is 5.80. The number of carboxylic acids is 1. The van der Waals surface area contributed by atoms with E-state index in [2.05, 4.69) is 0 Å². The van der Waals surface area contributed by atoms with Crippen molar-refractivity contribution in [3.63, 3.8) is 0 Å². The second-order valence-corrected chi connectivity index (χ2v) is 7.02. The molecule has 2 aromatic rings. The molecule has 0 spiro atoms. The number of hydrogen-bond acceptors (Lipinski definition) is 4. The van der Waals surface area contributed by atoms with E-state index in [-0.39, 0.29) is 12.2 Å². The Labute approximate surface area is 184 Å². The normalized spacial score (nSPS) is 11.2. The van der Waals surface area contributed by atoms with Gasteiger partial charge in [-0.2, -0.15) is 0 Å². The third kappa shape index (κ3) is 12.5. The molecule has 0 unspecified atom stereocenters. The summed E-state index contributed by atoms with van der Waals surface area (Å²) >= 11 is 0. The fourth-order valence-corrected chi connectivity index (χ4v) is 2.31. The lowest BCUT2D eigenvalue weighted by Gasteiger charge is -2.09. The number of carbonyl (C=O) groups excluding carboxylic acids is 1. The summed E-state index contributed by atoms with van der Waals surface area (Å²) in [6.07, 6.45) is 10.4.